The fraction of sp³-hybridized carbons (Fsp3) is 0.188. The van der Waals surface area contributed by atoms with Crippen LogP contribution in [0.3, 0.4) is 0 Å². The van der Waals surface area contributed by atoms with Crippen molar-refractivity contribution < 1.29 is 0 Å². The highest BCUT2D eigenvalue weighted by Gasteiger charge is 2.18. The van der Waals surface area contributed by atoms with E-state index < -0.39 is 0 Å². The minimum absolute atomic E-state index is 0.740. The third-order valence-electron chi connectivity index (χ3n) is 3.36. The van der Waals surface area contributed by atoms with Crippen LogP contribution in [0.2, 0.25) is 5.02 Å². The number of benzene rings is 2. The zero-order valence-electron chi connectivity index (χ0n) is 11.1. The van der Waals surface area contributed by atoms with E-state index in [0.717, 1.165) is 47.3 Å². The lowest BCUT2D eigenvalue weighted by Crippen LogP contribution is -2.36. The Balaban J connectivity index is 1.97. The summed E-state index contributed by atoms with van der Waals surface area (Å²) in [5, 5.41) is 0.740. The number of hydrogen-bond acceptors (Lipinski definition) is 3. The molecule has 1 heterocycles. The van der Waals surface area contributed by atoms with Crippen LogP contribution in [-0.2, 0) is 0 Å². The molecule has 2 aromatic carbocycles. The number of nitrogens with two attached hydrogens (primary N) is 1. The lowest BCUT2D eigenvalue weighted by molar-refractivity contribution is 0.790. The Hall–Kier alpha value is -2.00. The molecule has 0 radical (unpaired) electrons. The molecule has 0 saturated carbocycles. The fourth-order valence-corrected chi connectivity index (χ4v) is 2.48. The first-order valence-corrected chi connectivity index (χ1v) is 7.05. The summed E-state index contributed by atoms with van der Waals surface area (Å²) in [7, 11) is 0. The van der Waals surface area contributed by atoms with Gasteiger partial charge in [0.1, 0.15) is 5.84 Å². The van der Waals surface area contributed by atoms with E-state index in [1.54, 1.807) is 0 Å². The van der Waals surface area contributed by atoms with Crippen LogP contribution < -0.4 is 10.6 Å². The molecule has 0 unspecified atom stereocenters. The van der Waals surface area contributed by atoms with E-state index in [0.29, 0.717) is 0 Å². The van der Waals surface area contributed by atoms with Crippen LogP contribution in [-0.4, -0.2) is 18.9 Å². The van der Waals surface area contributed by atoms with E-state index >= 15 is 0 Å². The summed E-state index contributed by atoms with van der Waals surface area (Å²) in [4.78, 5) is 6.91. The summed E-state index contributed by atoms with van der Waals surface area (Å²) < 4.78 is 0. The topological polar surface area (TPSA) is 41.6 Å². The lowest BCUT2D eigenvalue weighted by atomic mass is 10.1. The van der Waals surface area contributed by atoms with E-state index in [9.17, 15) is 0 Å². The summed E-state index contributed by atoms with van der Waals surface area (Å²) in [6.45, 7) is 1.83. The van der Waals surface area contributed by atoms with Crippen LogP contribution >= 0.6 is 11.6 Å². The minimum Gasteiger partial charge on any atom is -0.399 e. The van der Waals surface area contributed by atoms with Crippen molar-refractivity contribution in [2.75, 3.05) is 23.7 Å². The van der Waals surface area contributed by atoms with Gasteiger partial charge in [-0.15, -0.1) is 0 Å². The second-order valence-electron chi connectivity index (χ2n) is 4.81. The number of nitrogen functional groups attached to an aromatic ring is 1. The number of rotatable bonds is 2. The molecule has 20 heavy (non-hydrogen) atoms. The molecule has 3 nitrogen and oxygen atoms in total. The van der Waals surface area contributed by atoms with Crippen molar-refractivity contribution in [3.05, 3.63) is 59.1 Å². The number of anilines is 2. The molecule has 102 valence electrons. The molecule has 3 rings (SSSR count). The number of amidine groups is 1. The Bertz CT molecular complexity index is 617. The zero-order chi connectivity index (χ0) is 13.9. The minimum atomic E-state index is 0.740. The summed E-state index contributed by atoms with van der Waals surface area (Å²) in [5.74, 6) is 0.998. The molecule has 0 spiro atoms. The molecule has 0 fully saturated rings. The molecule has 0 aliphatic carbocycles. The van der Waals surface area contributed by atoms with Crippen LogP contribution in [0.25, 0.3) is 0 Å². The predicted molar refractivity (Wildman–Crippen MR) is 85.7 cm³/mol. The third kappa shape index (κ3) is 2.63. The molecular formula is C16H16ClN3. The van der Waals surface area contributed by atoms with Gasteiger partial charge in [0.2, 0.25) is 0 Å². The first kappa shape index (κ1) is 13.0. The summed E-state index contributed by atoms with van der Waals surface area (Å²) >= 11 is 5.95. The van der Waals surface area contributed by atoms with Gasteiger partial charge in [0.15, 0.2) is 0 Å². The number of aliphatic imine (C=N–C) groups is 1. The SMILES string of the molecule is Nc1ccc(N2CCCN=C2c2ccc(Cl)cc2)cc1. The number of halogens is 1. The molecule has 2 aromatic rings. The molecule has 0 bridgehead atoms. The Kier molecular flexibility index (Phi) is 3.61. The van der Waals surface area contributed by atoms with Crippen LogP contribution in [0.5, 0.6) is 0 Å². The van der Waals surface area contributed by atoms with E-state index in [2.05, 4.69) is 9.89 Å². The van der Waals surface area contributed by atoms with Crippen molar-refractivity contribution in [1.82, 2.24) is 0 Å². The van der Waals surface area contributed by atoms with Crippen LogP contribution in [0.4, 0.5) is 11.4 Å². The Labute approximate surface area is 123 Å². The first-order valence-electron chi connectivity index (χ1n) is 6.67. The number of hydrogen-bond donors (Lipinski definition) is 1. The van der Waals surface area contributed by atoms with Crippen LogP contribution in [0.15, 0.2) is 53.5 Å². The third-order valence-corrected chi connectivity index (χ3v) is 3.62. The van der Waals surface area contributed by atoms with Gasteiger partial charge in [0.25, 0.3) is 0 Å². The summed E-state index contributed by atoms with van der Waals surface area (Å²) in [5.41, 5.74) is 8.74. The lowest BCUT2D eigenvalue weighted by Gasteiger charge is -2.29. The average molecular weight is 286 g/mol. The zero-order valence-corrected chi connectivity index (χ0v) is 11.8. The second-order valence-corrected chi connectivity index (χ2v) is 5.25. The first-order chi connectivity index (χ1) is 9.74. The molecule has 0 amide bonds. The van der Waals surface area contributed by atoms with Crippen LogP contribution in [0, 0.1) is 0 Å². The van der Waals surface area contributed by atoms with Gasteiger partial charge < -0.3 is 10.6 Å². The van der Waals surface area contributed by atoms with Gasteiger partial charge in [-0.3, -0.25) is 4.99 Å². The highest BCUT2D eigenvalue weighted by Crippen LogP contribution is 2.23. The van der Waals surface area contributed by atoms with Gasteiger partial charge in [-0.1, -0.05) is 11.6 Å². The quantitative estimate of drug-likeness (QED) is 0.857. The van der Waals surface area contributed by atoms with Crippen molar-refractivity contribution in [3.8, 4) is 0 Å². The van der Waals surface area contributed by atoms with Gasteiger partial charge in [0.05, 0.1) is 0 Å². The standard InChI is InChI=1S/C16H16ClN3/c17-13-4-2-12(3-5-13)16-19-10-1-11-20(16)15-8-6-14(18)7-9-15/h2-9H,1,10-11,18H2. The van der Waals surface area contributed by atoms with E-state index in [1.165, 1.54) is 0 Å². The Morgan fingerprint density at radius 3 is 2.40 bits per heavy atom. The van der Waals surface area contributed by atoms with Crippen LogP contribution in [0.1, 0.15) is 12.0 Å². The van der Waals surface area contributed by atoms with Gasteiger partial charge in [-0.2, -0.15) is 0 Å². The summed E-state index contributed by atoms with van der Waals surface area (Å²) in [6.07, 6.45) is 1.06. The molecule has 0 atom stereocenters. The maximum Gasteiger partial charge on any atom is 0.135 e. The van der Waals surface area contributed by atoms with Crippen molar-refractivity contribution in [2.45, 2.75) is 6.42 Å². The monoisotopic (exact) mass is 285 g/mol. The van der Waals surface area contributed by atoms with Crippen molar-refractivity contribution in [2.24, 2.45) is 4.99 Å². The molecule has 1 aliphatic rings. The average Bonchev–Trinajstić information content (AvgIpc) is 2.49. The smallest absolute Gasteiger partial charge is 0.135 e. The van der Waals surface area contributed by atoms with Gasteiger partial charge in [-0.25, -0.2) is 0 Å². The molecule has 2 N–H and O–H groups in total. The maximum absolute atomic E-state index is 5.95. The maximum atomic E-state index is 5.95. The Morgan fingerprint density at radius 2 is 1.70 bits per heavy atom. The van der Waals surface area contributed by atoms with Crippen molar-refractivity contribution >= 4 is 28.8 Å². The predicted octanol–water partition coefficient (Wildman–Crippen LogP) is 3.58. The highest BCUT2D eigenvalue weighted by atomic mass is 35.5. The molecule has 1 aliphatic heterocycles. The van der Waals surface area contributed by atoms with E-state index in [-0.39, 0.29) is 0 Å². The second kappa shape index (κ2) is 5.55. The molecule has 0 aromatic heterocycles. The van der Waals surface area contributed by atoms with E-state index in [4.69, 9.17) is 17.3 Å². The van der Waals surface area contributed by atoms with Gasteiger partial charge in [0, 0.05) is 35.1 Å². The fourth-order valence-electron chi connectivity index (χ4n) is 2.36. The van der Waals surface area contributed by atoms with Crippen molar-refractivity contribution in [1.29, 1.82) is 0 Å². The highest BCUT2D eigenvalue weighted by molar-refractivity contribution is 6.30. The van der Waals surface area contributed by atoms with E-state index in [1.807, 2.05) is 48.5 Å². The molecule has 4 heteroatoms. The molecule has 0 saturated heterocycles. The summed E-state index contributed by atoms with van der Waals surface area (Å²) in [6, 6.07) is 15.7. The number of nitrogens with zero attached hydrogens (tertiary/aromatic N) is 2. The largest absolute Gasteiger partial charge is 0.399 e. The van der Waals surface area contributed by atoms with Crippen molar-refractivity contribution in [3.63, 3.8) is 0 Å². The van der Waals surface area contributed by atoms with Gasteiger partial charge >= 0.3 is 0 Å². The molecular weight excluding hydrogens is 270 g/mol. The van der Waals surface area contributed by atoms with Gasteiger partial charge in [-0.05, 0) is 55.0 Å². The normalized spacial score (nSPS) is 15.1. The Morgan fingerprint density at radius 1 is 1.00 bits per heavy atom.